The van der Waals surface area contributed by atoms with Gasteiger partial charge in [-0.3, -0.25) is 0 Å². The zero-order chi connectivity index (χ0) is 11.0. The number of aliphatic hydroxyl groups is 1. The van der Waals surface area contributed by atoms with Crippen molar-refractivity contribution in [2.45, 2.75) is 53.2 Å². The van der Waals surface area contributed by atoms with Crippen molar-refractivity contribution < 1.29 is 5.11 Å². The minimum absolute atomic E-state index is 0.0626. The van der Waals surface area contributed by atoms with Gasteiger partial charge in [-0.25, -0.2) is 0 Å². The largest absolute Gasteiger partial charge is 0.393 e. The molecule has 2 nitrogen and oxygen atoms in total. The standard InChI is InChI=1S/C9H19NO.C2H6/c1-6(2)8(10)5-9(11)7(3)4;1-2/h7-9,11H,1,5,10H2,2-4H3;1-2H3. The Morgan fingerprint density at radius 2 is 1.77 bits per heavy atom. The van der Waals surface area contributed by atoms with Crippen LogP contribution in [-0.4, -0.2) is 17.3 Å². The molecule has 0 saturated heterocycles. The highest BCUT2D eigenvalue weighted by atomic mass is 16.3. The molecule has 0 rings (SSSR count). The molecule has 0 saturated carbocycles. The molecular formula is C11H25NO. The Morgan fingerprint density at radius 1 is 1.38 bits per heavy atom. The van der Waals surface area contributed by atoms with Crippen LogP contribution in [0.25, 0.3) is 0 Å². The highest BCUT2D eigenvalue weighted by molar-refractivity contribution is 5.00. The van der Waals surface area contributed by atoms with Gasteiger partial charge in [-0.2, -0.15) is 0 Å². The fourth-order valence-electron chi connectivity index (χ4n) is 0.734. The molecular weight excluding hydrogens is 162 g/mol. The molecule has 0 radical (unpaired) electrons. The molecule has 0 aromatic carbocycles. The fraction of sp³-hybridized carbons (Fsp3) is 0.818. The van der Waals surface area contributed by atoms with Gasteiger partial charge in [0.05, 0.1) is 6.10 Å². The number of hydrogen-bond donors (Lipinski definition) is 2. The molecule has 0 aromatic heterocycles. The third-order valence-electron chi connectivity index (χ3n) is 1.90. The second-order valence-electron chi connectivity index (χ2n) is 3.50. The second-order valence-corrected chi connectivity index (χ2v) is 3.50. The molecule has 0 aliphatic carbocycles. The molecule has 2 heteroatoms. The van der Waals surface area contributed by atoms with Gasteiger partial charge >= 0.3 is 0 Å². The average molecular weight is 187 g/mol. The second kappa shape index (κ2) is 8.27. The summed E-state index contributed by atoms with van der Waals surface area (Å²) in [7, 11) is 0. The third-order valence-corrected chi connectivity index (χ3v) is 1.90. The van der Waals surface area contributed by atoms with Crippen LogP contribution in [-0.2, 0) is 0 Å². The predicted octanol–water partition coefficient (Wildman–Crippen LogP) is 2.32. The lowest BCUT2D eigenvalue weighted by Crippen LogP contribution is -2.29. The highest BCUT2D eigenvalue weighted by Gasteiger charge is 2.13. The zero-order valence-electron chi connectivity index (χ0n) is 9.67. The van der Waals surface area contributed by atoms with Crippen LogP contribution in [0.2, 0.25) is 0 Å². The van der Waals surface area contributed by atoms with Crippen LogP contribution in [0, 0.1) is 5.92 Å². The number of aliphatic hydroxyl groups excluding tert-OH is 1. The Balaban J connectivity index is 0. The van der Waals surface area contributed by atoms with E-state index in [9.17, 15) is 5.11 Å². The van der Waals surface area contributed by atoms with Gasteiger partial charge in [0, 0.05) is 6.04 Å². The lowest BCUT2D eigenvalue weighted by atomic mass is 9.97. The van der Waals surface area contributed by atoms with E-state index < -0.39 is 0 Å². The number of hydrogen-bond acceptors (Lipinski definition) is 2. The van der Waals surface area contributed by atoms with E-state index in [4.69, 9.17) is 5.73 Å². The quantitative estimate of drug-likeness (QED) is 0.663. The Morgan fingerprint density at radius 3 is 2.00 bits per heavy atom. The van der Waals surface area contributed by atoms with Crippen LogP contribution < -0.4 is 5.73 Å². The lowest BCUT2D eigenvalue weighted by Gasteiger charge is -2.19. The maximum Gasteiger partial charge on any atom is 0.0581 e. The summed E-state index contributed by atoms with van der Waals surface area (Å²) >= 11 is 0. The summed E-state index contributed by atoms with van der Waals surface area (Å²) in [5.74, 6) is 0.278. The molecule has 13 heavy (non-hydrogen) atoms. The van der Waals surface area contributed by atoms with Gasteiger partial charge in [-0.1, -0.05) is 39.8 Å². The first-order chi connectivity index (χ1) is 5.95. The molecule has 0 spiro atoms. The maximum absolute atomic E-state index is 9.42. The molecule has 2 unspecified atom stereocenters. The van der Waals surface area contributed by atoms with Crippen LogP contribution in [0.4, 0.5) is 0 Å². The minimum Gasteiger partial charge on any atom is -0.393 e. The van der Waals surface area contributed by atoms with Gasteiger partial charge in [-0.15, -0.1) is 0 Å². The summed E-state index contributed by atoms with van der Waals surface area (Å²) in [6, 6.07) is -0.0626. The Hall–Kier alpha value is -0.340. The van der Waals surface area contributed by atoms with Crippen LogP contribution in [0.5, 0.6) is 0 Å². The minimum atomic E-state index is -0.304. The first kappa shape index (κ1) is 15.1. The summed E-state index contributed by atoms with van der Waals surface area (Å²) in [6.07, 6.45) is 0.314. The molecule has 0 aliphatic heterocycles. The van der Waals surface area contributed by atoms with Gasteiger partial charge in [-0.05, 0) is 19.3 Å². The summed E-state index contributed by atoms with van der Waals surface area (Å²) in [4.78, 5) is 0. The Labute approximate surface area is 82.8 Å². The summed E-state index contributed by atoms with van der Waals surface area (Å²) in [6.45, 7) is 13.6. The summed E-state index contributed by atoms with van der Waals surface area (Å²) in [5.41, 5.74) is 6.63. The molecule has 0 aliphatic rings. The predicted molar refractivity (Wildman–Crippen MR) is 59.6 cm³/mol. The topological polar surface area (TPSA) is 46.2 Å². The Bertz CT molecular complexity index is 132. The SMILES string of the molecule is C=C(C)C(N)CC(O)C(C)C.CC. The number of rotatable bonds is 4. The van der Waals surface area contributed by atoms with Crippen molar-refractivity contribution in [3.05, 3.63) is 12.2 Å². The molecule has 0 aromatic rings. The van der Waals surface area contributed by atoms with Crippen molar-refractivity contribution in [1.29, 1.82) is 0 Å². The molecule has 2 atom stereocenters. The van der Waals surface area contributed by atoms with Crippen molar-refractivity contribution in [3.63, 3.8) is 0 Å². The first-order valence-corrected chi connectivity index (χ1v) is 5.04. The fourth-order valence-corrected chi connectivity index (χ4v) is 0.734. The lowest BCUT2D eigenvalue weighted by molar-refractivity contribution is 0.112. The van der Waals surface area contributed by atoms with Crippen molar-refractivity contribution in [1.82, 2.24) is 0 Å². The third kappa shape index (κ3) is 8.00. The van der Waals surface area contributed by atoms with Crippen molar-refractivity contribution in [2.75, 3.05) is 0 Å². The molecule has 80 valence electrons. The van der Waals surface area contributed by atoms with Gasteiger partial charge in [0.2, 0.25) is 0 Å². The first-order valence-electron chi connectivity index (χ1n) is 5.04. The van der Waals surface area contributed by atoms with E-state index in [-0.39, 0.29) is 18.1 Å². The van der Waals surface area contributed by atoms with Crippen LogP contribution in [0.1, 0.15) is 41.0 Å². The van der Waals surface area contributed by atoms with E-state index >= 15 is 0 Å². The summed E-state index contributed by atoms with van der Waals surface area (Å²) < 4.78 is 0. The van der Waals surface area contributed by atoms with Gasteiger partial charge in [0.15, 0.2) is 0 Å². The highest BCUT2D eigenvalue weighted by Crippen LogP contribution is 2.10. The Kier molecular flexibility index (Phi) is 9.63. The van der Waals surface area contributed by atoms with Crippen LogP contribution in [0.3, 0.4) is 0 Å². The average Bonchev–Trinajstić information content (AvgIpc) is 2.07. The maximum atomic E-state index is 9.42. The number of nitrogens with two attached hydrogens (primary N) is 1. The van der Waals surface area contributed by atoms with E-state index in [1.807, 2.05) is 34.6 Å². The van der Waals surface area contributed by atoms with Crippen LogP contribution >= 0.6 is 0 Å². The monoisotopic (exact) mass is 187 g/mol. The zero-order valence-corrected chi connectivity index (χ0v) is 9.67. The van der Waals surface area contributed by atoms with E-state index in [0.29, 0.717) is 6.42 Å². The van der Waals surface area contributed by atoms with Crippen LogP contribution in [0.15, 0.2) is 12.2 Å². The van der Waals surface area contributed by atoms with E-state index in [1.54, 1.807) is 0 Å². The van der Waals surface area contributed by atoms with E-state index in [2.05, 4.69) is 6.58 Å². The molecule has 0 fully saturated rings. The van der Waals surface area contributed by atoms with Gasteiger partial charge in [0.1, 0.15) is 0 Å². The molecule has 0 heterocycles. The molecule has 3 N–H and O–H groups in total. The normalized spacial score (nSPS) is 14.5. The smallest absolute Gasteiger partial charge is 0.0581 e. The van der Waals surface area contributed by atoms with Crippen molar-refractivity contribution >= 4 is 0 Å². The van der Waals surface area contributed by atoms with E-state index in [1.165, 1.54) is 0 Å². The molecule has 0 bridgehead atoms. The van der Waals surface area contributed by atoms with E-state index in [0.717, 1.165) is 5.57 Å². The van der Waals surface area contributed by atoms with Crippen molar-refractivity contribution in [3.8, 4) is 0 Å². The molecule has 0 amide bonds. The van der Waals surface area contributed by atoms with Crippen molar-refractivity contribution in [2.24, 2.45) is 11.7 Å². The van der Waals surface area contributed by atoms with Gasteiger partial charge in [0.25, 0.3) is 0 Å². The summed E-state index contributed by atoms with van der Waals surface area (Å²) in [5, 5.41) is 9.42. The van der Waals surface area contributed by atoms with Gasteiger partial charge < -0.3 is 10.8 Å².